The highest BCUT2D eigenvalue weighted by Gasteiger charge is 2.37. The molecule has 222 valence electrons. The van der Waals surface area contributed by atoms with Crippen LogP contribution in [0.25, 0.3) is 0 Å². The molecule has 0 aliphatic heterocycles. The maximum absolute atomic E-state index is 13.1. The summed E-state index contributed by atoms with van der Waals surface area (Å²) in [6.45, 7) is 7.48. The molecule has 0 radical (unpaired) electrons. The molecule has 0 aliphatic rings. The van der Waals surface area contributed by atoms with E-state index in [1.165, 1.54) is 0 Å². The average molecular weight is 594 g/mol. The molecule has 0 saturated carbocycles. The molecule has 4 N–H and O–H groups in total. The number of phenols is 1. The number of ether oxygens (including phenoxy) is 1. The molecule has 40 heavy (non-hydrogen) atoms. The van der Waals surface area contributed by atoms with E-state index in [4.69, 9.17) is 17.0 Å². The second kappa shape index (κ2) is 13.1. The third-order valence-corrected chi connectivity index (χ3v) is 6.49. The lowest BCUT2D eigenvalue weighted by Crippen LogP contribution is -2.47. The molecule has 0 fully saturated rings. The molecule has 2 rings (SSSR count). The number of carbonyl (C=O) groups excluding carboxylic acids is 1. The van der Waals surface area contributed by atoms with Gasteiger partial charge in [0.15, 0.2) is 5.11 Å². The number of halogens is 6. The van der Waals surface area contributed by atoms with Crippen LogP contribution in [0.15, 0.2) is 42.5 Å². The van der Waals surface area contributed by atoms with Crippen LogP contribution in [-0.2, 0) is 28.3 Å². The van der Waals surface area contributed by atoms with Gasteiger partial charge < -0.3 is 25.8 Å². The molecular formula is C27H33F6N3O3S. The van der Waals surface area contributed by atoms with Crippen molar-refractivity contribution >= 4 is 28.9 Å². The van der Waals surface area contributed by atoms with E-state index < -0.39 is 40.2 Å². The number of nitrogens with one attached hydrogen (secondary N) is 3. The predicted octanol–water partition coefficient (Wildman–Crippen LogP) is 6.29. The first kappa shape index (κ1) is 33.1. The van der Waals surface area contributed by atoms with Gasteiger partial charge >= 0.3 is 12.4 Å². The summed E-state index contributed by atoms with van der Waals surface area (Å²) in [7, 11) is 0. The summed E-state index contributed by atoms with van der Waals surface area (Å²) < 4.78 is 84.8. The van der Waals surface area contributed by atoms with Crippen molar-refractivity contribution in [2.45, 2.75) is 58.5 Å². The second-order valence-corrected chi connectivity index (χ2v) is 10.7. The van der Waals surface area contributed by atoms with E-state index in [0.29, 0.717) is 31.5 Å². The molecule has 1 unspecified atom stereocenters. The molecule has 0 saturated heterocycles. The number of hydrogen-bond acceptors (Lipinski definition) is 4. The normalized spacial score (nSPS) is 13.8. The lowest BCUT2D eigenvalue weighted by atomic mass is 9.92. The number of carbonyl (C=O) groups is 1. The van der Waals surface area contributed by atoms with Crippen LogP contribution in [0.3, 0.4) is 0 Å². The Labute approximate surface area is 234 Å². The number of amides is 1. The van der Waals surface area contributed by atoms with Gasteiger partial charge in [0.25, 0.3) is 0 Å². The summed E-state index contributed by atoms with van der Waals surface area (Å²) in [4.78, 5) is 12.7. The van der Waals surface area contributed by atoms with Crippen LogP contribution >= 0.6 is 12.2 Å². The summed E-state index contributed by atoms with van der Waals surface area (Å²) in [5, 5.41) is 17.2. The van der Waals surface area contributed by atoms with Gasteiger partial charge in [-0.2, -0.15) is 26.3 Å². The molecule has 13 heteroatoms. The molecule has 2 aromatic rings. The maximum atomic E-state index is 13.1. The molecule has 0 aliphatic carbocycles. The fourth-order valence-corrected chi connectivity index (χ4v) is 3.58. The molecule has 6 nitrogen and oxygen atoms in total. The van der Waals surface area contributed by atoms with Crippen LogP contribution < -0.4 is 16.0 Å². The van der Waals surface area contributed by atoms with Crippen LogP contribution in [0.4, 0.5) is 32.0 Å². The Morgan fingerprint density at radius 3 is 1.98 bits per heavy atom. The molecule has 0 aromatic heterocycles. The lowest BCUT2D eigenvalue weighted by molar-refractivity contribution is -0.143. The Hall–Kier alpha value is -3.06. The fourth-order valence-electron chi connectivity index (χ4n) is 3.39. The van der Waals surface area contributed by atoms with Crippen LogP contribution in [-0.4, -0.2) is 41.4 Å². The van der Waals surface area contributed by atoms with Crippen molar-refractivity contribution in [1.29, 1.82) is 0 Å². The van der Waals surface area contributed by atoms with E-state index in [0.717, 1.165) is 5.56 Å². The first-order valence-electron chi connectivity index (χ1n) is 12.4. The zero-order chi connectivity index (χ0) is 30.4. The number of phenolic OH excluding ortho intramolecular Hbond substituents is 1. The van der Waals surface area contributed by atoms with Crippen LogP contribution in [0.1, 0.15) is 50.8 Å². The molecule has 0 heterocycles. The smallest absolute Gasteiger partial charge is 0.416 e. The van der Waals surface area contributed by atoms with Gasteiger partial charge in [-0.3, -0.25) is 4.79 Å². The van der Waals surface area contributed by atoms with Crippen molar-refractivity contribution in [3.63, 3.8) is 0 Å². The third-order valence-electron chi connectivity index (χ3n) is 6.25. The standard InChI is InChI=1S/C27H33F6N3O3S/c1-5-25(4,39-16-24(2,3)22(38)34-11-10-17-6-8-21(37)9-7-17)15-35-23(40)36-20-13-18(26(28,29)30)12-19(14-20)27(31,32)33/h6-9,12-14,37H,5,10-11,15-16H2,1-4H3,(H,34,38)(H2,35,36,40). The number of anilines is 1. The largest absolute Gasteiger partial charge is 0.508 e. The quantitative estimate of drug-likeness (QED) is 0.181. The van der Waals surface area contributed by atoms with Crippen LogP contribution in [0.2, 0.25) is 0 Å². The highest BCUT2D eigenvalue weighted by atomic mass is 32.1. The van der Waals surface area contributed by atoms with Gasteiger partial charge in [-0.25, -0.2) is 0 Å². The monoisotopic (exact) mass is 593 g/mol. The SMILES string of the molecule is CCC(C)(CNC(=S)Nc1cc(C(F)(F)F)cc(C(F)(F)F)c1)OCC(C)(C)C(=O)NCCc1ccc(O)cc1. The van der Waals surface area contributed by atoms with Crippen molar-refractivity contribution in [3.05, 3.63) is 59.2 Å². The Morgan fingerprint density at radius 1 is 0.925 bits per heavy atom. The summed E-state index contributed by atoms with van der Waals surface area (Å²) in [6.07, 6.45) is -8.93. The molecule has 2 aromatic carbocycles. The van der Waals surface area contributed by atoms with E-state index in [1.54, 1.807) is 45.0 Å². The highest BCUT2D eigenvalue weighted by Crippen LogP contribution is 2.37. The minimum atomic E-state index is -4.98. The van der Waals surface area contributed by atoms with Crippen molar-refractivity contribution in [2.75, 3.05) is 25.0 Å². The van der Waals surface area contributed by atoms with E-state index in [1.807, 2.05) is 6.92 Å². The number of thiocarbonyl (C=S) groups is 1. The van der Waals surface area contributed by atoms with E-state index in [-0.39, 0.29) is 36.0 Å². The van der Waals surface area contributed by atoms with Crippen LogP contribution in [0.5, 0.6) is 5.75 Å². The highest BCUT2D eigenvalue weighted by molar-refractivity contribution is 7.80. The Bertz CT molecular complexity index is 1140. The van der Waals surface area contributed by atoms with Crippen molar-refractivity contribution in [2.24, 2.45) is 5.41 Å². The maximum Gasteiger partial charge on any atom is 0.416 e. The van der Waals surface area contributed by atoms with Gasteiger partial charge in [-0.15, -0.1) is 0 Å². The average Bonchev–Trinajstić information content (AvgIpc) is 2.86. The minimum Gasteiger partial charge on any atom is -0.508 e. The van der Waals surface area contributed by atoms with E-state index in [9.17, 15) is 36.2 Å². The summed E-state index contributed by atoms with van der Waals surface area (Å²) >= 11 is 5.10. The topological polar surface area (TPSA) is 82.6 Å². The number of benzene rings is 2. The van der Waals surface area contributed by atoms with Crippen LogP contribution in [0, 0.1) is 5.41 Å². The molecular weight excluding hydrogens is 560 g/mol. The van der Waals surface area contributed by atoms with Gasteiger partial charge in [0, 0.05) is 18.8 Å². The zero-order valence-corrected chi connectivity index (χ0v) is 23.3. The zero-order valence-electron chi connectivity index (χ0n) is 22.5. The summed E-state index contributed by atoms with van der Waals surface area (Å²) in [6, 6.07) is 7.77. The van der Waals surface area contributed by atoms with Crippen molar-refractivity contribution < 1.29 is 41.0 Å². The molecule has 0 bridgehead atoms. The minimum absolute atomic E-state index is 0.0345. The second-order valence-electron chi connectivity index (χ2n) is 10.3. The number of alkyl halides is 6. The van der Waals surface area contributed by atoms with Gasteiger partial charge in [-0.1, -0.05) is 19.1 Å². The third kappa shape index (κ3) is 10.2. The lowest BCUT2D eigenvalue weighted by Gasteiger charge is -2.33. The Morgan fingerprint density at radius 2 is 1.48 bits per heavy atom. The van der Waals surface area contributed by atoms with Crippen molar-refractivity contribution in [3.8, 4) is 5.75 Å². The van der Waals surface area contributed by atoms with Crippen molar-refractivity contribution in [1.82, 2.24) is 10.6 Å². The number of hydrogen-bond donors (Lipinski definition) is 4. The Balaban J connectivity index is 1.94. The number of rotatable bonds is 11. The van der Waals surface area contributed by atoms with Gasteiger partial charge in [0.2, 0.25) is 5.91 Å². The van der Waals surface area contributed by atoms with E-state index >= 15 is 0 Å². The van der Waals surface area contributed by atoms with Gasteiger partial charge in [-0.05, 0) is 81.7 Å². The molecule has 1 amide bonds. The molecule has 0 spiro atoms. The molecule has 1 atom stereocenters. The van der Waals surface area contributed by atoms with Gasteiger partial charge in [0.05, 0.1) is 28.7 Å². The summed E-state index contributed by atoms with van der Waals surface area (Å²) in [5.41, 5.74) is -4.21. The number of aromatic hydroxyl groups is 1. The van der Waals surface area contributed by atoms with E-state index in [2.05, 4.69) is 16.0 Å². The Kier molecular flexibility index (Phi) is 10.8. The first-order valence-corrected chi connectivity index (χ1v) is 12.8. The predicted molar refractivity (Wildman–Crippen MR) is 144 cm³/mol. The fraction of sp³-hybridized carbons (Fsp3) is 0.481. The summed E-state index contributed by atoms with van der Waals surface area (Å²) in [5.74, 6) is -0.0813. The first-order chi connectivity index (χ1) is 18.3. The van der Waals surface area contributed by atoms with Gasteiger partial charge in [0.1, 0.15) is 5.75 Å².